The summed E-state index contributed by atoms with van der Waals surface area (Å²) in [5.41, 5.74) is 4.67. The molecular weight excluding hydrogens is 354 g/mol. The topological polar surface area (TPSA) is 78.5 Å². The summed E-state index contributed by atoms with van der Waals surface area (Å²) in [4.78, 5) is 38.7. The van der Waals surface area contributed by atoms with Gasteiger partial charge in [0.05, 0.1) is 11.7 Å². The third kappa shape index (κ3) is 3.50. The highest BCUT2D eigenvalue weighted by Gasteiger charge is 2.30. The molecule has 2 heterocycles. The van der Waals surface area contributed by atoms with E-state index in [0.29, 0.717) is 18.5 Å². The Balaban J connectivity index is 1.48. The fraction of sp³-hybridized carbons (Fsp3) is 0.318. The van der Waals surface area contributed by atoms with Gasteiger partial charge in [-0.3, -0.25) is 14.4 Å². The summed E-state index contributed by atoms with van der Waals surface area (Å²) in [5, 5.41) is 5.45. The molecular formula is C22H23N3O3. The molecule has 1 atom stereocenters. The maximum Gasteiger partial charge on any atom is 0.313 e. The smallest absolute Gasteiger partial charge is 0.313 e. The van der Waals surface area contributed by atoms with Crippen LogP contribution in [0.3, 0.4) is 0 Å². The van der Waals surface area contributed by atoms with E-state index in [1.165, 1.54) is 0 Å². The van der Waals surface area contributed by atoms with E-state index < -0.39 is 11.8 Å². The summed E-state index contributed by atoms with van der Waals surface area (Å²) >= 11 is 0. The van der Waals surface area contributed by atoms with Gasteiger partial charge in [0.15, 0.2) is 0 Å². The molecule has 0 saturated carbocycles. The Bertz CT molecular complexity index is 922. The van der Waals surface area contributed by atoms with E-state index in [0.717, 1.165) is 41.8 Å². The van der Waals surface area contributed by atoms with Crippen LogP contribution in [-0.2, 0) is 27.2 Å². The van der Waals surface area contributed by atoms with E-state index in [9.17, 15) is 14.4 Å². The molecule has 6 nitrogen and oxygen atoms in total. The van der Waals surface area contributed by atoms with E-state index in [4.69, 9.17) is 0 Å². The van der Waals surface area contributed by atoms with E-state index in [2.05, 4.69) is 10.6 Å². The van der Waals surface area contributed by atoms with Crippen molar-refractivity contribution in [3.63, 3.8) is 0 Å². The van der Waals surface area contributed by atoms with Crippen molar-refractivity contribution in [3.05, 3.63) is 59.2 Å². The Labute approximate surface area is 163 Å². The Kier molecular flexibility index (Phi) is 4.86. The van der Waals surface area contributed by atoms with Gasteiger partial charge in [0.25, 0.3) is 0 Å². The molecule has 4 rings (SSSR count). The average Bonchev–Trinajstić information content (AvgIpc) is 2.71. The van der Waals surface area contributed by atoms with Crippen LogP contribution >= 0.6 is 0 Å². The van der Waals surface area contributed by atoms with Crippen LogP contribution in [0, 0.1) is 0 Å². The minimum Gasteiger partial charge on any atom is -0.341 e. The first-order valence-corrected chi connectivity index (χ1v) is 9.66. The van der Waals surface area contributed by atoms with Gasteiger partial charge in [-0.05, 0) is 55.0 Å². The molecule has 6 heteroatoms. The number of anilines is 2. The summed E-state index contributed by atoms with van der Waals surface area (Å²) in [7, 11) is 0. The molecule has 3 amide bonds. The van der Waals surface area contributed by atoms with Gasteiger partial charge < -0.3 is 15.5 Å². The van der Waals surface area contributed by atoms with Crippen molar-refractivity contribution in [1.29, 1.82) is 0 Å². The summed E-state index contributed by atoms with van der Waals surface area (Å²) in [6.07, 6.45) is 2.93. The lowest BCUT2D eigenvalue weighted by molar-refractivity contribution is -0.136. The van der Waals surface area contributed by atoms with Gasteiger partial charge in [0.2, 0.25) is 5.91 Å². The number of rotatable bonds is 3. The zero-order valence-electron chi connectivity index (χ0n) is 15.8. The lowest BCUT2D eigenvalue weighted by atomic mass is 9.91. The lowest BCUT2D eigenvalue weighted by Gasteiger charge is -2.35. The van der Waals surface area contributed by atoms with Crippen molar-refractivity contribution < 1.29 is 14.4 Å². The highest BCUT2D eigenvalue weighted by molar-refractivity contribution is 6.39. The molecule has 28 heavy (non-hydrogen) atoms. The van der Waals surface area contributed by atoms with Crippen LogP contribution in [-0.4, -0.2) is 24.3 Å². The predicted octanol–water partition coefficient (Wildman–Crippen LogP) is 2.73. The van der Waals surface area contributed by atoms with Crippen LogP contribution in [0.2, 0.25) is 0 Å². The fourth-order valence-corrected chi connectivity index (χ4v) is 4.00. The third-order valence-corrected chi connectivity index (χ3v) is 5.39. The van der Waals surface area contributed by atoms with Crippen LogP contribution < -0.4 is 15.5 Å². The monoisotopic (exact) mass is 377 g/mol. The predicted molar refractivity (Wildman–Crippen MR) is 107 cm³/mol. The van der Waals surface area contributed by atoms with Gasteiger partial charge >= 0.3 is 11.8 Å². The number of aryl methyl sites for hydroxylation is 2. The van der Waals surface area contributed by atoms with Crippen LogP contribution in [0.1, 0.15) is 42.5 Å². The Hall–Kier alpha value is -3.15. The van der Waals surface area contributed by atoms with Gasteiger partial charge in [-0.15, -0.1) is 0 Å². The summed E-state index contributed by atoms with van der Waals surface area (Å²) in [6.45, 7) is 2.60. The number of hydrogen-bond acceptors (Lipinski definition) is 3. The van der Waals surface area contributed by atoms with Crippen molar-refractivity contribution in [1.82, 2.24) is 5.32 Å². The first-order chi connectivity index (χ1) is 13.5. The SMILES string of the molecule is CC(NC(=O)C(=O)Nc1cc2c3c(c1)CCC(=O)N3CCC2)c1ccccc1. The molecule has 0 bridgehead atoms. The maximum absolute atomic E-state index is 12.4. The molecule has 2 N–H and O–H groups in total. The zero-order chi connectivity index (χ0) is 19.7. The van der Waals surface area contributed by atoms with Gasteiger partial charge in [-0.1, -0.05) is 30.3 Å². The van der Waals surface area contributed by atoms with Crippen molar-refractivity contribution in [3.8, 4) is 0 Å². The first kappa shape index (κ1) is 18.2. The molecule has 144 valence electrons. The van der Waals surface area contributed by atoms with Crippen molar-refractivity contribution >= 4 is 29.1 Å². The lowest BCUT2D eigenvalue weighted by Crippen LogP contribution is -2.39. The van der Waals surface area contributed by atoms with Gasteiger partial charge in [0, 0.05) is 18.7 Å². The molecule has 0 saturated heterocycles. The standard InChI is InChI=1S/C22H23N3O3/c1-14(15-6-3-2-4-7-15)23-21(27)22(28)24-18-12-16-8-5-11-25-19(26)10-9-17(13-18)20(16)25/h2-4,6-7,12-14H,5,8-11H2,1H3,(H,23,27)(H,24,28). The molecule has 0 fully saturated rings. The largest absolute Gasteiger partial charge is 0.341 e. The summed E-state index contributed by atoms with van der Waals surface area (Å²) < 4.78 is 0. The Morgan fingerprint density at radius 1 is 1.00 bits per heavy atom. The molecule has 2 aliphatic heterocycles. The second kappa shape index (κ2) is 7.46. The van der Waals surface area contributed by atoms with Crippen molar-refractivity contribution in [2.24, 2.45) is 0 Å². The number of amides is 3. The number of hydrogen-bond donors (Lipinski definition) is 2. The molecule has 0 radical (unpaired) electrons. The average molecular weight is 377 g/mol. The first-order valence-electron chi connectivity index (χ1n) is 9.66. The number of nitrogens with one attached hydrogen (secondary N) is 2. The number of carbonyl (C=O) groups excluding carboxylic acids is 3. The number of benzene rings is 2. The van der Waals surface area contributed by atoms with E-state index in [1.54, 1.807) is 0 Å². The van der Waals surface area contributed by atoms with Gasteiger partial charge in [-0.25, -0.2) is 0 Å². The quantitative estimate of drug-likeness (QED) is 0.808. The van der Waals surface area contributed by atoms with E-state index in [-0.39, 0.29) is 11.9 Å². The molecule has 1 unspecified atom stereocenters. The van der Waals surface area contributed by atoms with Gasteiger partial charge in [-0.2, -0.15) is 0 Å². The number of carbonyl (C=O) groups is 3. The molecule has 0 aliphatic carbocycles. The van der Waals surface area contributed by atoms with Gasteiger partial charge in [0.1, 0.15) is 0 Å². The van der Waals surface area contributed by atoms with Crippen LogP contribution in [0.5, 0.6) is 0 Å². The maximum atomic E-state index is 12.4. The molecule has 2 aromatic rings. The normalized spacial score (nSPS) is 16.2. The Morgan fingerprint density at radius 3 is 2.46 bits per heavy atom. The highest BCUT2D eigenvalue weighted by atomic mass is 16.2. The Morgan fingerprint density at radius 2 is 1.71 bits per heavy atom. The van der Waals surface area contributed by atoms with Crippen LogP contribution in [0.15, 0.2) is 42.5 Å². The van der Waals surface area contributed by atoms with E-state index >= 15 is 0 Å². The number of nitrogens with zero attached hydrogens (tertiary/aromatic N) is 1. The third-order valence-electron chi connectivity index (χ3n) is 5.39. The molecule has 2 aromatic carbocycles. The second-order valence-corrected chi connectivity index (χ2v) is 7.35. The summed E-state index contributed by atoms with van der Waals surface area (Å²) in [6, 6.07) is 13.0. The second-order valence-electron chi connectivity index (χ2n) is 7.35. The molecule has 0 aromatic heterocycles. The highest BCUT2D eigenvalue weighted by Crippen LogP contribution is 2.37. The van der Waals surface area contributed by atoms with E-state index in [1.807, 2.05) is 54.3 Å². The van der Waals surface area contributed by atoms with Crippen molar-refractivity contribution in [2.45, 2.75) is 38.6 Å². The van der Waals surface area contributed by atoms with Crippen molar-refractivity contribution in [2.75, 3.05) is 16.8 Å². The fourth-order valence-electron chi connectivity index (χ4n) is 4.00. The summed E-state index contributed by atoms with van der Waals surface area (Å²) in [5.74, 6) is -1.19. The minimum atomic E-state index is -0.686. The minimum absolute atomic E-state index is 0.166. The molecule has 0 spiro atoms. The van der Waals surface area contributed by atoms with Crippen LogP contribution in [0.4, 0.5) is 11.4 Å². The molecule has 2 aliphatic rings. The van der Waals surface area contributed by atoms with Crippen LogP contribution in [0.25, 0.3) is 0 Å². The zero-order valence-corrected chi connectivity index (χ0v) is 15.8.